The molecule has 0 aliphatic rings. The van der Waals surface area contributed by atoms with Gasteiger partial charge in [-0.15, -0.1) is 0 Å². The predicted octanol–water partition coefficient (Wildman–Crippen LogP) is 3.88. The molecule has 0 unspecified atom stereocenters. The number of nitrogens with zero attached hydrogens (tertiary/aromatic N) is 1. The molecule has 5 heteroatoms. The van der Waals surface area contributed by atoms with Crippen molar-refractivity contribution in [3.63, 3.8) is 0 Å². The number of carbonyl (C=O) groups is 2. The molecule has 126 valence electrons. The molecule has 0 aliphatic carbocycles. The van der Waals surface area contributed by atoms with Crippen molar-refractivity contribution < 1.29 is 9.59 Å². The first kappa shape index (κ1) is 16.6. The number of hydrogen-bond donors (Lipinski definition) is 2. The van der Waals surface area contributed by atoms with E-state index in [2.05, 4.69) is 15.6 Å². The number of aromatic nitrogens is 1. The van der Waals surface area contributed by atoms with E-state index < -0.39 is 0 Å². The van der Waals surface area contributed by atoms with Gasteiger partial charge in [-0.3, -0.25) is 14.6 Å². The third-order valence-corrected chi connectivity index (χ3v) is 3.86. The van der Waals surface area contributed by atoms with Crippen LogP contribution in [0, 0.1) is 0 Å². The van der Waals surface area contributed by atoms with E-state index in [-0.39, 0.29) is 11.7 Å². The molecular formula is C20H19N3O2. The molecule has 5 nitrogen and oxygen atoms in total. The van der Waals surface area contributed by atoms with Crippen LogP contribution in [0.5, 0.6) is 0 Å². The van der Waals surface area contributed by atoms with Crippen LogP contribution in [0.15, 0.2) is 60.8 Å². The van der Waals surface area contributed by atoms with Gasteiger partial charge in [0, 0.05) is 35.8 Å². The molecule has 25 heavy (non-hydrogen) atoms. The van der Waals surface area contributed by atoms with Gasteiger partial charge in [-0.25, -0.2) is 0 Å². The van der Waals surface area contributed by atoms with Gasteiger partial charge in [0.25, 0.3) is 0 Å². The lowest BCUT2D eigenvalue weighted by molar-refractivity contribution is -0.115. The Balaban J connectivity index is 1.58. The number of rotatable bonds is 6. The first-order chi connectivity index (χ1) is 12.1. The lowest BCUT2D eigenvalue weighted by Gasteiger charge is -2.09. The SMILES string of the molecule is CC(=O)c1cccc(NCCC(=O)Nc2cccc3cccnc23)c1. The summed E-state index contributed by atoms with van der Waals surface area (Å²) in [6.07, 6.45) is 2.02. The zero-order valence-corrected chi connectivity index (χ0v) is 14.0. The standard InChI is InChI=1S/C20H19N3O2/c1-14(24)16-6-2-8-17(13-16)21-12-10-19(25)23-18-9-3-5-15-7-4-11-22-20(15)18/h2-9,11,13,21H,10,12H2,1H3,(H,23,25). The number of benzene rings is 2. The second-order valence-electron chi connectivity index (χ2n) is 5.74. The van der Waals surface area contributed by atoms with Crippen LogP contribution in [-0.2, 0) is 4.79 Å². The van der Waals surface area contributed by atoms with E-state index in [1.54, 1.807) is 18.3 Å². The van der Waals surface area contributed by atoms with Gasteiger partial charge >= 0.3 is 0 Å². The lowest BCUT2D eigenvalue weighted by Crippen LogP contribution is -2.16. The molecule has 3 rings (SSSR count). The molecule has 0 atom stereocenters. The van der Waals surface area contributed by atoms with Crippen molar-refractivity contribution >= 4 is 34.0 Å². The highest BCUT2D eigenvalue weighted by atomic mass is 16.1. The maximum absolute atomic E-state index is 12.2. The monoisotopic (exact) mass is 333 g/mol. The normalized spacial score (nSPS) is 10.4. The van der Waals surface area contributed by atoms with Crippen molar-refractivity contribution in [2.24, 2.45) is 0 Å². The van der Waals surface area contributed by atoms with Crippen molar-refractivity contribution in [2.75, 3.05) is 17.2 Å². The number of amides is 1. The minimum Gasteiger partial charge on any atom is -0.385 e. The van der Waals surface area contributed by atoms with Gasteiger partial charge in [0.1, 0.15) is 0 Å². The molecular weight excluding hydrogens is 314 g/mol. The van der Waals surface area contributed by atoms with Crippen LogP contribution in [0.1, 0.15) is 23.7 Å². The smallest absolute Gasteiger partial charge is 0.226 e. The molecule has 2 N–H and O–H groups in total. The van der Waals surface area contributed by atoms with Crippen molar-refractivity contribution in [2.45, 2.75) is 13.3 Å². The average Bonchev–Trinajstić information content (AvgIpc) is 2.62. The highest BCUT2D eigenvalue weighted by molar-refractivity contribution is 6.00. The zero-order chi connectivity index (χ0) is 17.6. The summed E-state index contributed by atoms with van der Waals surface area (Å²) in [4.78, 5) is 27.9. The predicted molar refractivity (Wildman–Crippen MR) is 99.9 cm³/mol. The average molecular weight is 333 g/mol. The molecule has 0 aliphatic heterocycles. The second-order valence-corrected chi connectivity index (χ2v) is 5.74. The van der Waals surface area contributed by atoms with Gasteiger partial charge in [0.2, 0.25) is 5.91 Å². The zero-order valence-electron chi connectivity index (χ0n) is 14.0. The highest BCUT2D eigenvalue weighted by Gasteiger charge is 2.07. The molecule has 1 amide bonds. The van der Waals surface area contributed by atoms with E-state index in [0.717, 1.165) is 16.6 Å². The van der Waals surface area contributed by atoms with Crippen LogP contribution in [0.2, 0.25) is 0 Å². The largest absolute Gasteiger partial charge is 0.385 e. The van der Waals surface area contributed by atoms with E-state index in [9.17, 15) is 9.59 Å². The Morgan fingerprint density at radius 3 is 2.68 bits per heavy atom. The van der Waals surface area contributed by atoms with Crippen LogP contribution in [0.25, 0.3) is 10.9 Å². The summed E-state index contributed by atoms with van der Waals surface area (Å²) in [6, 6.07) is 16.8. The topological polar surface area (TPSA) is 71.1 Å². The fourth-order valence-corrected chi connectivity index (χ4v) is 2.59. The summed E-state index contributed by atoms with van der Waals surface area (Å²) in [5, 5.41) is 7.06. The summed E-state index contributed by atoms with van der Waals surface area (Å²) in [7, 11) is 0. The number of anilines is 2. The third-order valence-electron chi connectivity index (χ3n) is 3.86. The van der Waals surface area contributed by atoms with E-state index >= 15 is 0 Å². The number of para-hydroxylation sites is 1. The fraction of sp³-hybridized carbons (Fsp3) is 0.150. The Morgan fingerprint density at radius 1 is 1.04 bits per heavy atom. The Hall–Kier alpha value is -3.21. The van der Waals surface area contributed by atoms with Gasteiger partial charge in [-0.2, -0.15) is 0 Å². The van der Waals surface area contributed by atoms with Crippen molar-refractivity contribution in [3.05, 3.63) is 66.4 Å². The quantitative estimate of drug-likeness (QED) is 0.672. The molecule has 0 saturated carbocycles. The molecule has 1 heterocycles. The molecule has 2 aromatic carbocycles. The van der Waals surface area contributed by atoms with Crippen molar-refractivity contribution in [1.82, 2.24) is 4.98 Å². The van der Waals surface area contributed by atoms with E-state index in [0.29, 0.717) is 24.2 Å². The number of carbonyl (C=O) groups excluding carboxylic acids is 2. The summed E-state index contributed by atoms with van der Waals surface area (Å²) in [6.45, 7) is 2.01. The van der Waals surface area contributed by atoms with E-state index in [1.165, 1.54) is 6.92 Å². The number of hydrogen-bond acceptors (Lipinski definition) is 4. The summed E-state index contributed by atoms with van der Waals surface area (Å²) >= 11 is 0. The van der Waals surface area contributed by atoms with Crippen molar-refractivity contribution in [1.29, 1.82) is 0 Å². The van der Waals surface area contributed by atoms with Gasteiger partial charge in [-0.1, -0.05) is 30.3 Å². The van der Waals surface area contributed by atoms with Crippen LogP contribution in [0.4, 0.5) is 11.4 Å². The number of Topliss-reactive ketones (excluding diaryl/α,β-unsaturated/α-hetero) is 1. The van der Waals surface area contributed by atoms with Gasteiger partial charge in [-0.05, 0) is 31.2 Å². The first-order valence-electron chi connectivity index (χ1n) is 8.12. The highest BCUT2D eigenvalue weighted by Crippen LogP contribution is 2.20. The number of ketones is 1. The molecule has 0 saturated heterocycles. The summed E-state index contributed by atoms with van der Waals surface area (Å²) < 4.78 is 0. The second kappa shape index (κ2) is 7.57. The minimum atomic E-state index is -0.0895. The maximum Gasteiger partial charge on any atom is 0.226 e. The number of pyridine rings is 1. The third kappa shape index (κ3) is 4.20. The van der Waals surface area contributed by atoms with Gasteiger partial charge < -0.3 is 10.6 Å². The van der Waals surface area contributed by atoms with Crippen LogP contribution in [0.3, 0.4) is 0 Å². The summed E-state index contributed by atoms with van der Waals surface area (Å²) in [5.41, 5.74) is 2.96. The number of nitrogens with one attached hydrogen (secondary N) is 2. The Labute approximate surface area is 146 Å². The van der Waals surface area contributed by atoms with Crippen molar-refractivity contribution in [3.8, 4) is 0 Å². The molecule has 0 bridgehead atoms. The first-order valence-corrected chi connectivity index (χ1v) is 8.12. The lowest BCUT2D eigenvalue weighted by atomic mass is 10.1. The van der Waals surface area contributed by atoms with E-state index in [4.69, 9.17) is 0 Å². The Kier molecular flexibility index (Phi) is 5.04. The molecule has 3 aromatic rings. The molecule has 0 spiro atoms. The maximum atomic E-state index is 12.2. The molecule has 0 fully saturated rings. The fourth-order valence-electron chi connectivity index (χ4n) is 2.59. The van der Waals surface area contributed by atoms with E-state index in [1.807, 2.05) is 42.5 Å². The summed E-state index contributed by atoms with van der Waals surface area (Å²) in [5.74, 6) is -0.0711. The van der Waals surface area contributed by atoms with Gasteiger partial charge in [0.15, 0.2) is 5.78 Å². The molecule has 0 radical (unpaired) electrons. The van der Waals surface area contributed by atoms with Crippen LogP contribution >= 0.6 is 0 Å². The van der Waals surface area contributed by atoms with Crippen LogP contribution in [-0.4, -0.2) is 23.2 Å². The minimum absolute atomic E-state index is 0.0184. The molecule has 1 aromatic heterocycles. The number of fused-ring (bicyclic) bond motifs is 1. The Bertz CT molecular complexity index is 916. The van der Waals surface area contributed by atoms with Gasteiger partial charge in [0.05, 0.1) is 11.2 Å². The Morgan fingerprint density at radius 2 is 1.84 bits per heavy atom. The van der Waals surface area contributed by atoms with Crippen LogP contribution < -0.4 is 10.6 Å².